The number of imidazole rings is 1. The standard InChI is InChI=1S/C24H18ClN5/c1-15-21(22(25)30(28-15)16-9-3-2-4-10-16)24-26-18-12-6-5-11-17(18)23-27-19-13-7-8-14-20(19)29(23)24/h2-14,24,26H,1H3. The molecule has 3 aromatic carbocycles. The van der Waals surface area contributed by atoms with Crippen molar-refractivity contribution in [1.29, 1.82) is 0 Å². The summed E-state index contributed by atoms with van der Waals surface area (Å²) in [5, 5.41) is 9.04. The van der Waals surface area contributed by atoms with E-state index < -0.39 is 0 Å². The van der Waals surface area contributed by atoms with Crippen LogP contribution in [0.4, 0.5) is 5.69 Å². The van der Waals surface area contributed by atoms with E-state index in [-0.39, 0.29) is 6.17 Å². The molecule has 30 heavy (non-hydrogen) atoms. The van der Waals surface area contributed by atoms with E-state index in [9.17, 15) is 0 Å². The minimum Gasteiger partial charge on any atom is -0.360 e. The molecule has 0 aliphatic carbocycles. The smallest absolute Gasteiger partial charge is 0.145 e. The van der Waals surface area contributed by atoms with E-state index in [1.165, 1.54) is 0 Å². The average molecular weight is 412 g/mol. The maximum Gasteiger partial charge on any atom is 0.145 e. The molecular formula is C24H18ClN5. The number of hydrogen-bond acceptors (Lipinski definition) is 3. The zero-order valence-corrected chi connectivity index (χ0v) is 17.0. The maximum absolute atomic E-state index is 6.94. The van der Waals surface area contributed by atoms with Crippen molar-refractivity contribution in [3.05, 3.63) is 95.3 Å². The highest BCUT2D eigenvalue weighted by Gasteiger charge is 2.32. The molecule has 0 spiro atoms. The van der Waals surface area contributed by atoms with Gasteiger partial charge in [-0.25, -0.2) is 9.67 Å². The fourth-order valence-corrected chi connectivity index (χ4v) is 4.65. The first-order chi connectivity index (χ1) is 14.7. The Balaban J connectivity index is 1.62. The van der Waals surface area contributed by atoms with E-state index >= 15 is 0 Å². The van der Waals surface area contributed by atoms with Gasteiger partial charge < -0.3 is 5.32 Å². The van der Waals surface area contributed by atoms with Crippen molar-refractivity contribution in [1.82, 2.24) is 19.3 Å². The Labute approximate surface area is 178 Å². The molecule has 3 heterocycles. The lowest BCUT2D eigenvalue weighted by atomic mass is 10.1. The lowest BCUT2D eigenvalue weighted by Crippen LogP contribution is -2.25. The summed E-state index contributed by atoms with van der Waals surface area (Å²) in [6.45, 7) is 2.00. The van der Waals surface area contributed by atoms with Gasteiger partial charge in [0.25, 0.3) is 0 Å². The van der Waals surface area contributed by atoms with E-state index in [0.29, 0.717) is 5.15 Å². The Bertz CT molecular complexity index is 1400. The molecule has 146 valence electrons. The molecule has 1 aliphatic heterocycles. The van der Waals surface area contributed by atoms with Gasteiger partial charge in [-0.3, -0.25) is 4.57 Å². The highest BCUT2D eigenvalue weighted by molar-refractivity contribution is 6.30. The molecule has 1 atom stereocenters. The molecule has 6 heteroatoms. The van der Waals surface area contributed by atoms with Crippen LogP contribution in [0.15, 0.2) is 78.9 Å². The Morgan fingerprint density at radius 1 is 0.900 bits per heavy atom. The summed E-state index contributed by atoms with van der Waals surface area (Å²) >= 11 is 6.94. The van der Waals surface area contributed by atoms with Gasteiger partial charge in [0.15, 0.2) is 0 Å². The first-order valence-corrected chi connectivity index (χ1v) is 10.2. The number of aryl methyl sites for hydroxylation is 1. The fourth-order valence-electron chi connectivity index (χ4n) is 4.28. The third kappa shape index (κ3) is 2.42. The molecule has 1 unspecified atom stereocenters. The SMILES string of the molecule is Cc1nn(-c2ccccc2)c(Cl)c1C1Nc2ccccc2-c2nc3ccccc3n21. The molecule has 0 saturated carbocycles. The zero-order chi connectivity index (χ0) is 20.2. The Morgan fingerprint density at radius 2 is 1.63 bits per heavy atom. The normalized spacial score (nSPS) is 14.9. The number of para-hydroxylation sites is 4. The summed E-state index contributed by atoms with van der Waals surface area (Å²) in [7, 11) is 0. The van der Waals surface area contributed by atoms with Crippen LogP contribution in [0.5, 0.6) is 0 Å². The van der Waals surface area contributed by atoms with E-state index in [1.807, 2.05) is 67.6 Å². The number of benzene rings is 3. The van der Waals surface area contributed by atoms with Crippen LogP contribution in [-0.2, 0) is 0 Å². The second kappa shape index (κ2) is 6.47. The molecular weight excluding hydrogens is 394 g/mol. The number of nitrogens with one attached hydrogen (secondary N) is 1. The van der Waals surface area contributed by atoms with Crippen molar-refractivity contribution in [3.63, 3.8) is 0 Å². The van der Waals surface area contributed by atoms with Crippen LogP contribution in [0.2, 0.25) is 5.15 Å². The molecule has 1 aliphatic rings. The zero-order valence-electron chi connectivity index (χ0n) is 16.2. The number of rotatable bonds is 2. The Morgan fingerprint density at radius 3 is 2.50 bits per heavy atom. The van der Waals surface area contributed by atoms with Crippen LogP contribution in [-0.4, -0.2) is 19.3 Å². The van der Waals surface area contributed by atoms with Crippen molar-refractivity contribution >= 4 is 28.3 Å². The summed E-state index contributed by atoms with van der Waals surface area (Å²) in [5.74, 6) is 0.929. The van der Waals surface area contributed by atoms with Crippen molar-refractivity contribution in [3.8, 4) is 17.1 Å². The third-order valence-electron chi connectivity index (χ3n) is 5.64. The first-order valence-electron chi connectivity index (χ1n) is 9.86. The summed E-state index contributed by atoms with van der Waals surface area (Å²) in [4.78, 5) is 4.95. The molecule has 2 aromatic heterocycles. The monoisotopic (exact) mass is 411 g/mol. The predicted octanol–water partition coefficient (Wildman–Crippen LogP) is 5.82. The fraction of sp³-hybridized carbons (Fsp3) is 0.0833. The van der Waals surface area contributed by atoms with Gasteiger partial charge in [0.05, 0.1) is 28.0 Å². The van der Waals surface area contributed by atoms with Gasteiger partial charge in [-0.15, -0.1) is 0 Å². The topological polar surface area (TPSA) is 47.7 Å². The van der Waals surface area contributed by atoms with Crippen molar-refractivity contribution < 1.29 is 0 Å². The minimum absolute atomic E-state index is 0.215. The Kier molecular flexibility index (Phi) is 3.73. The van der Waals surface area contributed by atoms with Gasteiger partial charge in [0.2, 0.25) is 0 Å². The summed E-state index contributed by atoms with van der Waals surface area (Å²) in [5.41, 5.74) is 6.89. The van der Waals surface area contributed by atoms with E-state index in [4.69, 9.17) is 21.7 Å². The number of halogens is 1. The van der Waals surface area contributed by atoms with Crippen LogP contribution in [0.1, 0.15) is 17.4 Å². The molecule has 0 bridgehead atoms. The third-order valence-corrected chi connectivity index (χ3v) is 6.00. The molecule has 5 aromatic rings. The van der Waals surface area contributed by atoms with Crippen LogP contribution in [0.25, 0.3) is 28.1 Å². The van der Waals surface area contributed by atoms with E-state index in [1.54, 1.807) is 4.68 Å². The molecule has 6 rings (SSSR count). The molecule has 0 amide bonds. The van der Waals surface area contributed by atoms with E-state index in [2.05, 4.69) is 28.1 Å². The van der Waals surface area contributed by atoms with Gasteiger partial charge in [-0.1, -0.05) is 54.1 Å². The molecule has 0 radical (unpaired) electrons. The number of aromatic nitrogens is 4. The summed E-state index contributed by atoms with van der Waals surface area (Å²) in [6, 6.07) is 26.4. The van der Waals surface area contributed by atoms with Gasteiger partial charge in [0, 0.05) is 11.3 Å². The minimum atomic E-state index is -0.215. The highest BCUT2D eigenvalue weighted by atomic mass is 35.5. The average Bonchev–Trinajstić information content (AvgIpc) is 3.31. The Hall–Kier alpha value is -3.57. The number of nitrogens with zero attached hydrogens (tertiary/aromatic N) is 4. The van der Waals surface area contributed by atoms with Crippen LogP contribution >= 0.6 is 11.6 Å². The van der Waals surface area contributed by atoms with Gasteiger partial charge in [-0.2, -0.15) is 5.10 Å². The summed E-state index contributed by atoms with van der Waals surface area (Å²) in [6.07, 6.45) is -0.215. The van der Waals surface area contributed by atoms with Crippen LogP contribution in [0, 0.1) is 6.92 Å². The predicted molar refractivity (Wildman–Crippen MR) is 120 cm³/mol. The van der Waals surface area contributed by atoms with Crippen LogP contribution in [0.3, 0.4) is 0 Å². The lowest BCUT2D eigenvalue weighted by molar-refractivity contribution is 0.665. The van der Waals surface area contributed by atoms with Gasteiger partial charge >= 0.3 is 0 Å². The first kappa shape index (κ1) is 17.3. The number of anilines is 1. The lowest BCUT2D eigenvalue weighted by Gasteiger charge is -2.30. The quantitative estimate of drug-likeness (QED) is 0.398. The van der Waals surface area contributed by atoms with Crippen molar-refractivity contribution in [2.75, 3.05) is 5.32 Å². The second-order valence-electron chi connectivity index (χ2n) is 7.42. The number of hydrogen-bond donors (Lipinski definition) is 1. The molecule has 0 saturated heterocycles. The summed E-state index contributed by atoms with van der Waals surface area (Å²) < 4.78 is 4.02. The highest BCUT2D eigenvalue weighted by Crippen LogP contribution is 2.43. The molecule has 5 nitrogen and oxygen atoms in total. The van der Waals surface area contributed by atoms with Crippen molar-refractivity contribution in [2.24, 2.45) is 0 Å². The van der Waals surface area contributed by atoms with Crippen LogP contribution < -0.4 is 5.32 Å². The largest absolute Gasteiger partial charge is 0.360 e. The van der Waals surface area contributed by atoms with Gasteiger partial charge in [0.1, 0.15) is 17.1 Å². The number of fused-ring (bicyclic) bond motifs is 5. The van der Waals surface area contributed by atoms with Crippen molar-refractivity contribution in [2.45, 2.75) is 13.1 Å². The second-order valence-corrected chi connectivity index (χ2v) is 7.78. The molecule has 1 N–H and O–H groups in total. The van der Waals surface area contributed by atoms with E-state index in [0.717, 1.165) is 45.1 Å². The maximum atomic E-state index is 6.94. The molecule has 0 fully saturated rings. The van der Waals surface area contributed by atoms with Gasteiger partial charge in [-0.05, 0) is 43.3 Å².